The first kappa shape index (κ1) is 13.5. The van der Waals surface area contributed by atoms with Crippen molar-refractivity contribution in [3.05, 3.63) is 33.8 Å². The van der Waals surface area contributed by atoms with Crippen molar-refractivity contribution in [3.8, 4) is 0 Å². The smallest absolute Gasteiger partial charge is 0.0795 e. The van der Waals surface area contributed by atoms with Gasteiger partial charge in [0.05, 0.1) is 6.10 Å². The van der Waals surface area contributed by atoms with Gasteiger partial charge in [0.2, 0.25) is 0 Å². The molecule has 0 aromatic heterocycles. The van der Waals surface area contributed by atoms with Crippen LogP contribution in [0.1, 0.15) is 49.5 Å². The van der Waals surface area contributed by atoms with E-state index >= 15 is 0 Å². The molecule has 90 valence electrons. The normalized spacial score (nSPS) is 14.9. The summed E-state index contributed by atoms with van der Waals surface area (Å²) in [5.41, 5.74) is 3.12. The molecular weight excluding hydrogens is 220 g/mol. The third kappa shape index (κ3) is 3.23. The average molecular weight is 241 g/mol. The molecule has 0 aliphatic rings. The predicted octanol–water partition coefficient (Wildman–Crippen LogP) is 4.43. The lowest BCUT2D eigenvalue weighted by molar-refractivity contribution is 0.146. The van der Waals surface area contributed by atoms with Crippen LogP contribution in [0.5, 0.6) is 0 Å². The van der Waals surface area contributed by atoms with E-state index in [-0.39, 0.29) is 6.10 Å². The Bertz CT molecular complexity index is 360. The van der Waals surface area contributed by atoms with Crippen LogP contribution in [-0.4, -0.2) is 5.11 Å². The molecule has 0 radical (unpaired) electrons. The second-order valence-electron chi connectivity index (χ2n) is 4.72. The number of benzene rings is 1. The van der Waals surface area contributed by atoms with Crippen LogP contribution in [0.3, 0.4) is 0 Å². The number of hydrogen-bond acceptors (Lipinski definition) is 1. The molecular formula is C14H21ClO. The monoisotopic (exact) mass is 240 g/mol. The van der Waals surface area contributed by atoms with E-state index in [1.807, 2.05) is 26.0 Å². The second kappa shape index (κ2) is 5.70. The van der Waals surface area contributed by atoms with Crippen LogP contribution in [0.15, 0.2) is 12.1 Å². The van der Waals surface area contributed by atoms with Gasteiger partial charge in [-0.15, -0.1) is 0 Å². The minimum Gasteiger partial charge on any atom is -0.388 e. The maximum absolute atomic E-state index is 10.2. The Morgan fingerprint density at radius 1 is 1.25 bits per heavy atom. The van der Waals surface area contributed by atoms with Crippen LogP contribution in [0.2, 0.25) is 5.02 Å². The first-order valence-corrected chi connectivity index (χ1v) is 6.28. The third-order valence-electron chi connectivity index (χ3n) is 3.23. The van der Waals surface area contributed by atoms with Gasteiger partial charge in [-0.1, -0.05) is 37.9 Å². The van der Waals surface area contributed by atoms with Crippen LogP contribution >= 0.6 is 11.6 Å². The maximum atomic E-state index is 10.2. The lowest BCUT2D eigenvalue weighted by Crippen LogP contribution is -2.06. The number of halogens is 1. The molecule has 1 aromatic carbocycles. The highest BCUT2D eigenvalue weighted by Crippen LogP contribution is 2.29. The fourth-order valence-corrected chi connectivity index (χ4v) is 2.06. The molecule has 0 saturated carbocycles. The topological polar surface area (TPSA) is 20.2 Å². The van der Waals surface area contributed by atoms with E-state index in [1.54, 1.807) is 0 Å². The average Bonchev–Trinajstić information content (AvgIpc) is 2.23. The molecule has 0 bridgehead atoms. The molecule has 0 aliphatic carbocycles. The maximum Gasteiger partial charge on any atom is 0.0795 e. The Hall–Kier alpha value is -0.530. The van der Waals surface area contributed by atoms with Crippen LogP contribution in [0, 0.1) is 19.8 Å². The third-order valence-corrected chi connectivity index (χ3v) is 3.64. The SMILES string of the molecule is CCC(C)CC(O)c1cc(C)c(Cl)cc1C. The van der Waals surface area contributed by atoms with Gasteiger partial charge in [-0.25, -0.2) is 0 Å². The molecule has 0 aliphatic heterocycles. The van der Waals surface area contributed by atoms with Gasteiger partial charge >= 0.3 is 0 Å². The summed E-state index contributed by atoms with van der Waals surface area (Å²) in [4.78, 5) is 0. The van der Waals surface area contributed by atoms with Crippen molar-refractivity contribution in [3.63, 3.8) is 0 Å². The fourth-order valence-electron chi connectivity index (χ4n) is 1.84. The van der Waals surface area contributed by atoms with Crippen molar-refractivity contribution in [2.24, 2.45) is 5.92 Å². The van der Waals surface area contributed by atoms with E-state index in [0.29, 0.717) is 5.92 Å². The minimum atomic E-state index is -0.370. The lowest BCUT2D eigenvalue weighted by atomic mass is 9.93. The summed E-state index contributed by atoms with van der Waals surface area (Å²) in [6, 6.07) is 3.94. The highest BCUT2D eigenvalue weighted by Gasteiger charge is 2.14. The largest absolute Gasteiger partial charge is 0.388 e. The molecule has 2 heteroatoms. The zero-order valence-electron chi connectivity index (χ0n) is 10.5. The fraction of sp³-hybridized carbons (Fsp3) is 0.571. The summed E-state index contributed by atoms with van der Waals surface area (Å²) in [7, 11) is 0. The quantitative estimate of drug-likeness (QED) is 0.826. The summed E-state index contributed by atoms with van der Waals surface area (Å²) in [6.07, 6.45) is 1.55. The van der Waals surface area contributed by atoms with Gasteiger partial charge in [-0.2, -0.15) is 0 Å². The molecule has 0 spiro atoms. The van der Waals surface area contributed by atoms with Gasteiger partial charge in [-0.05, 0) is 48.9 Å². The zero-order chi connectivity index (χ0) is 12.3. The van der Waals surface area contributed by atoms with E-state index in [0.717, 1.165) is 34.6 Å². The van der Waals surface area contributed by atoms with Crippen molar-refractivity contribution in [2.75, 3.05) is 0 Å². The van der Waals surface area contributed by atoms with E-state index in [9.17, 15) is 5.11 Å². The Morgan fingerprint density at radius 2 is 1.88 bits per heavy atom. The lowest BCUT2D eigenvalue weighted by Gasteiger charge is -2.18. The van der Waals surface area contributed by atoms with Crippen molar-refractivity contribution in [1.29, 1.82) is 0 Å². The van der Waals surface area contributed by atoms with E-state index in [2.05, 4.69) is 13.8 Å². The van der Waals surface area contributed by atoms with Gasteiger partial charge in [0.15, 0.2) is 0 Å². The number of rotatable bonds is 4. The van der Waals surface area contributed by atoms with Crippen molar-refractivity contribution in [1.82, 2.24) is 0 Å². The molecule has 0 amide bonds. The summed E-state index contributed by atoms with van der Waals surface area (Å²) >= 11 is 6.04. The zero-order valence-corrected chi connectivity index (χ0v) is 11.3. The Balaban J connectivity index is 2.91. The first-order chi connectivity index (χ1) is 7.45. The Kier molecular flexibility index (Phi) is 4.82. The van der Waals surface area contributed by atoms with Crippen molar-refractivity contribution in [2.45, 2.75) is 46.6 Å². The number of aliphatic hydroxyl groups excluding tert-OH is 1. The molecule has 1 aromatic rings. The molecule has 16 heavy (non-hydrogen) atoms. The van der Waals surface area contributed by atoms with Gasteiger partial charge in [0, 0.05) is 5.02 Å². The standard InChI is InChI=1S/C14H21ClO/c1-5-9(2)6-14(16)12-7-11(4)13(15)8-10(12)3/h7-9,14,16H,5-6H2,1-4H3. The van der Waals surface area contributed by atoms with Gasteiger partial charge in [0.25, 0.3) is 0 Å². The molecule has 1 nitrogen and oxygen atoms in total. The van der Waals surface area contributed by atoms with Gasteiger partial charge in [0.1, 0.15) is 0 Å². The summed E-state index contributed by atoms with van der Waals surface area (Å²) in [5, 5.41) is 11.0. The molecule has 2 atom stereocenters. The number of hydrogen-bond donors (Lipinski definition) is 1. The van der Waals surface area contributed by atoms with Crippen molar-refractivity contribution >= 4 is 11.6 Å². The summed E-state index contributed by atoms with van der Waals surface area (Å²) in [5.74, 6) is 0.547. The highest BCUT2D eigenvalue weighted by atomic mass is 35.5. The van der Waals surface area contributed by atoms with Gasteiger partial charge in [-0.3, -0.25) is 0 Å². The van der Waals surface area contributed by atoms with E-state index in [4.69, 9.17) is 11.6 Å². The molecule has 1 N–H and O–H groups in total. The van der Waals surface area contributed by atoms with Crippen LogP contribution in [0.4, 0.5) is 0 Å². The number of aryl methyl sites for hydroxylation is 2. The molecule has 2 unspecified atom stereocenters. The van der Waals surface area contributed by atoms with Crippen LogP contribution in [-0.2, 0) is 0 Å². The molecule has 0 heterocycles. The molecule has 0 saturated heterocycles. The van der Waals surface area contributed by atoms with Crippen molar-refractivity contribution < 1.29 is 5.11 Å². The predicted molar refractivity (Wildman–Crippen MR) is 70.0 cm³/mol. The second-order valence-corrected chi connectivity index (χ2v) is 5.13. The van der Waals surface area contributed by atoms with Gasteiger partial charge < -0.3 is 5.11 Å². The highest BCUT2D eigenvalue weighted by molar-refractivity contribution is 6.31. The first-order valence-electron chi connectivity index (χ1n) is 5.90. The summed E-state index contributed by atoms with van der Waals surface area (Å²) < 4.78 is 0. The van der Waals surface area contributed by atoms with E-state index in [1.165, 1.54) is 0 Å². The molecule has 0 fully saturated rings. The number of aliphatic hydroxyl groups is 1. The molecule has 1 rings (SSSR count). The van der Waals surface area contributed by atoms with Crippen LogP contribution in [0.25, 0.3) is 0 Å². The minimum absolute atomic E-state index is 0.370. The van der Waals surface area contributed by atoms with Crippen LogP contribution < -0.4 is 0 Å². The Morgan fingerprint density at radius 3 is 2.44 bits per heavy atom. The van der Waals surface area contributed by atoms with E-state index < -0.39 is 0 Å². The Labute approximate surface area is 103 Å². The summed E-state index contributed by atoms with van der Waals surface area (Å²) in [6.45, 7) is 8.29.